The Labute approximate surface area is 83.1 Å². The summed E-state index contributed by atoms with van der Waals surface area (Å²) in [6.07, 6.45) is 0. The standard InChI is InChI=1S/C10H11ClNO/c11-9-2-1-3-10(8-9)12-4-6-13-7-5-12/h1-2,8H,4-7H2. The van der Waals surface area contributed by atoms with Crippen LogP contribution in [0.4, 0.5) is 5.69 Å². The van der Waals surface area contributed by atoms with Gasteiger partial charge in [-0.2, -0.15) is 0 Å². The summed E-state index contributed by atoms with van der Waals surface area (Å²) in [5.74, 6) is 0. The summed E-state index contributed by atoms with van der Waals surface area (Å²) >= 11 is 5.89. The SMILES string of the molecule is Clc1cc[c]c(N2CCOCC2)c1. The summed E-state index contributed by atoms with van der Waals surface area (Å²) in [7, 11) is 0. The Bertz CT molecular complexity index is 284. The van der Waals surface area contributed by atoms with Gasteiger partial charge in [0.05, 0.1) is 13.2 Å². The molecule has 1 heterocycles. The van der Waals surface area contributed by atoms with Crippen LogP contribution in [-0.2, 0) is 4.74 Å². The van der Waals surface area contributed by atoms with Gasteiger partial charge < -0.3 is 9.64 Å². The molecule has 0 unspecified atom stereocenters. The summed E-state index contributed by atoms with van der Waals surface area (Å²) in [5, 5.41) is 0.764. The minimum absolute atomic E-state index is 0.764. The second-order valence-corrected chi connectivity index (χ2v) is 3.43. The zero-order valence-corrected chi connectivity index (χ0v) is 8.05. The van der Waals surface area contributed by atoms with Crippen LogP contribution >= 0.6 is 11.6 Å². The molecule has 1 radical (unpaired) electrons. The number of ether oxygens (including phenoxy) is 1. The van der Waals surface area contributed by atoms with Crippen LogP contribution in [0, 0.1) is 6.07 Å². The van der Waals surface area contributed by atoms with Gasteiger partial charge in [0.2, 0.25) is 0 Å². The fourth-order valence-electron chi connectivity index (χ4n) is 1.41. The van der Waals surface area contributed by atoms with Gasteiger partial charge in [0.25, 0.3) is 0 Å². The van der Waals surface area contributed by atoms with Gasteiger partial charge >= 0.3 is 0 Å². The second kappa shape index (κ2) is 3.99. The largest absolute Gasteiger partial charge is 0.378 e. The van der Waals surface area contributed by atoms with E-state index in [4.69, 9.17) is 16.3 Å². The average Bonchev–Trinajstić information content (AvgIpc) is 2.19. The molecule has 0 spiro atoms. The molecule has 0 aliphatic carbocycles. The summed E-state index contributed by atoms with van der Waals surface area (Å²) in [6, 6.07) is 8.80. The van der Waals surface area contributed by atoms with Crippen molar-refractivity contribution in [1.29, 1.82) is 0 Å². The van der Waals surface area contributed by atoms with Crippen molar-refractivity contribution < 1.29 is 4.74 Å². The summed E-state index contributed by atoms with van der Waals surface area (Å²) < 4.78 is 5.26. The van der Waals surface area contributed by atoms with E-state index in [2.05, 4.69) is 11.0 Å². The highest BCUT2D eigenvalue weighted by Crippen LogP contribution is 2.19. The van der Waals surface area contributed by atoms with Crippen molar-refractivity contribution in [2.75, 3.05) is 31.2 Å². The van der Waals surface area contributed by atoms with E-state index < -0.39 is 0 Å². The predicted octanol–water partition coefficient (Wildman–Crippen LogP) is 1.98. The first kappa shape index (κ1) is 8.85. The number of hydrogen-bond acceptors (Lipinski definition) is 2. The lowest BCUT2D eigenvalue weighted by molar-refractivity contribution is 0.122. The number of halogens is 1. The molecule has 1 aromatic rings. The summed E-state index contributed by atoms with van der Waals surface area (Å²) in [6.45, 7) is 3.44. The molecule has 3 heteroatoms. The molecular weight excluding hydrogens is 186 g/mol. The van der Waals surface area contributed by atoms with Gasteiger partial charge in [0, 0.05) is 29.9 Å². The fourth-order valence-corrected chi connectivity index (χ4v) is 1.58. The number of rotatable bonds is 1. The van der Waals surface area contributed by atoms with Gasteiger partial charge in [0.15, 0.2) is 0 Å². The van der Waals surface area contributed by atoms with Gasteiger partial charge in [0.1, 0.15) is 0 Å². The van der Waals surface area contributed by atoms with Gasteiger partial charge in [-0.25, -0.2) is 0 Å². The lowest BCUT2D eigenvalue weighted by Gasteiger charge is -2.28. The maximum absolute atomic E-state index is 5.89. The van der Waals surface area contributed by atoms with E-state index in [1.165, 1.54) is 0 Å². The van der Waals surface area contributed by atoms with Crippen molar-refractivity contribution in [3.8, 4) is 0 Å². The molecule has 13 heavy (non-hydrogen) atoms. The molecule has 2 nitrogen and oxygen atoms in total. The number of morpholine rings is 1. The van der Waals surface area contributed by atoms with Crippen LogP contribution in [0.15, 0.2) is 18.2 Å². The number of nitrogens with zero attached hydrogens (tertiary/aromatic N) is 1. The third-order valence-corrected chi connectivity index (χ3v) is 2.34. The first-order valence-electron chi connectivity index (χ1n) is 4.36. The monoisotopic (exact) mass is 196 g/mol. The van der Waals surface area contributed by atoms with E-state index in [0.717, 1.165) is 37.0 Å². The zero-order valence-electron chi connectivity index (χ0n) is 7.29. The van der Waals surface area contributed by atoms with Crippen molar-refractivity contribution >= 4 is 17.3 Å². The maximum atomic E-state index is 5.89. The molecule has 1 fully saturated rings. The highest BCUT2D eigenvalue weighted by molar-refractivity contribution is 6.30. The molecule has 1 saturated heterocycles. The molecule has 0 N–H and O–H groups in total. The Morgan fingerprint density at radius 2 is 2.15 bits per heavy atom. The molecule has 1 aliphatic heterocycles. The molecule has 0 amide bonds. The Balaban J connectivity index is 2.14. The molecule has 0 saturated carbocycles. The van der Waals surface area contributed by atoms with Crippen LogP contribution in [0.5, 0.6) is 0 Å². The van der Waals surface area contributed by atoms with Gasteiger partial charge in [-0.15, -0.1) is 0 Å². The molecule has 1 aliphatic rings. The van der Waals surface area contributed by atoms with Gasteiger partial charge in [-0.3, -0.25) is 0 Å². The minimum atomic E-state index is 0.764. The van der Waals surface area contributed by atoms with E-state index in [-0.39, 0.29) is 0 Å². The Morgan fingerprint density at radius 1 is 1.38 bits per heavy atom. The molecule has 0 bridgehead atoms. The highest BCUT2D eigenvalue weighted by Gasteiger charge is 2.10. The van der Waals surface area contributed by atoms with Crippen LogP contribution in [-0.4, -0.2) is 26.3 Å². The minimum Gasteiger partial charge on any atom is -0.378 e. The quantitative estimate of drug-likeness (QED) is 0.681. The first-order valence-corrected chi connectivity index (χ1v) is 4.74. The lowest BCUT2D eigenvalue weighted by atomic mass is 10.2. The van der Waals surface area contributed by atoms with Crippen LogP contribution in [0.2, 0.25) is 5.02 Å². The number of hydrogen-bond donors (Lipinski definition) is 0. The van der Waals surface area contributed by atoms with E-state index >= 15 is 0 Å². The fraction of sp³-hybridized carbons (Fsp3) is 0.400. The Kier molecular flexibility index (Phi) is 2.71. The smallest absolute Gasteiger partial charge is 0.0642 e. The molecule has 2 rings (SSSR count). The van der Waals surface area contributed by atoms with Crippen molar-refractivity contribution in [2.24, 2.45) is 0 Å². The van der Waals surface area contributed by atoms with E-state index in [9.17, 15) is 0 Å². The third kappa shape index (κ3) is 2.14. The highest BCUT2D eigenvalue weighted by atomic mass is 35.5. The van der Waals surface area contributed by atoms with Gasteiger partial charge in [-0.1, -0.05) is 17.7 Å². The molecule has 0 aromatic heterocycles. The lowest BCUT2D eigenvalue weighted by Crippen LogP contribution is -2.36. The van der Waals surface area contributed by atoms with Crippen LogP contribution in [0.25, 0.3) is 0 Å². The third-order valence-electron chi connectivity index (χ3n) is 2.10. The molecule has 0 atom stereocenters. The van der Waals surface area contributed by atoms with Crippen molar-refractivity contribution in [3.63, 3.8) is 0 Å². The van der Waals surface area contributed by atoms with Crippen molar-refractivity contribution in [2.45, 2.75) is 0 Å². The average molecular weight is 197 g/mol. The van der Waals surface area contributed by atoms with Crippen LogP contribution < -0.4 is 4.90 Å². The Hall–Kier alpha value is -0.730. The Morgan fingerprint density at radius 3 is 2.85 bits per heavy atom. The molecular formula is C10H11ClNO. The van der Waals surface area contributed by atoms with Crippen molar-refractivity contribution in [1.82, 2.24) is 0 Å². The summed E-state index contributed by atoms with van der Waals surface area (Å²) in [4.78, 5) is 2.23. The van der Waals surface area contributed by atoms with Gasteiger partial charge in [-0.05, 0) is 12.1 Å². The zero-order chi connectivity index (χ0) is 9.10. The van der Waals surface area contributed by atoms with E-state index in [0.29, 0.717) is 0 Å². The molecule has 69 valence electrons. The second-order valence-electron chi connectivity index (χ2n) is 2.99. The topological polar surface area (TPSA) is 12.5 Å². The normalized spacial score (nSPS) is 17.5. The first-order chi connectivity index (χ1) is 6.36. The van der Waals surface area contributed by atoms with E-state index in [1.807, 2.05) is 18.2 Å². The van der Waals surface area contributed by atoms with Crippen molar-refractivity contribution in [3.05, 3.63) is 29.3 Å². The number of benzene rings is 1. The maximum Gasteiger partial charge on any atom is 0.0642 e. The van der Waals surface area contributed by atoms with E-state index in [1.54, 1.807) is 0 Å². The molecule has 1 aromatic carbocycles. The van der Waals surface area contributed by atoms with Crippen LogP contribution in [0.3, 0.4) is 0 Å². The predicted molar refractivity (Wildman–Crippen MR) is 53.3 cm³/mol. The van der Waals surface area contributed by atoms with Crippen LogP contribution in [0.1, 0.15) is 0 Å². The number of anilines is 1. The summed E-state index contributed by atoms with van der Waals surface area (Å²) in [5.41, 5.74) is 1.07.